The quantitative estimate of drug-likeness (QED) is 0.573. The van der Waals surface area contributed by atoms with E-state index in [1.165, 1.54) is 11.3 Å². The lowest BCUT2D eigenvalue weighted by Crippen LogP contribution is -2.32. The number of amides is 1. The van der Waals surface area contributed by atoms with E-state index in [1.54, 1.807) is 11.8 Å². The number of carbonyl (C=O) groups excluding carboxylic acids is 1. The zero-order chi connectivity index (χ0) is 16.7. The molecule has 1 aromatic heterocycles. The lowest BCUT2D eigenvalue weighted by molar-refractivity contribution is -0.122. The second kappa shape index (κ2) is 8.88. The highest BCUT2D eigenvalue weighted by molar-refractivity contribution is 8.01. The van der Waals surface area contributed by atoms with Crippen LogP contribution in [0.1, 0.15) is 27.2 Å². The van der Waals surface area contributed by atoms with E-state index < -0.39 is 6.10 Å². The smallest absolute Gasteiger partial charge is 0.267 e. The van der Waals surface area contributed by atoms with Crippen molar-refractivity contribution in [3.05, 3.63) is 30.3 Å². The fourth-order valence-electron chi connectivity index (χ4n) is 1.73. The maximum atomic E-state index is 12.3. The van der Waals surface area contributed by atoms with Crippen LogP contribution in [0.4, 0.5) is 5.13 Å². The van der Waals surface area contributed by atoms with Crippen LogP contribution in [-0.4, -0.2) is 28.0 Å². The molecule has 1 N–H and O–H groups in total. The van der Waals surface area contributed by atoms with Gasteiger partial charge in [-0.15, -0.1) is 10.2 Å². The molecule has 0 saturated heterocycles. The van der Waals surface area contributed by atoms with E-state index in [-0.39, 0.29) is 5.91 Å². The van der Waals surface area contributed by atoms with Crippen LogP contribution in [0.25, 0.3) is 0 Å². The average Bonchev–Trinajstić information content (AvgIpc) is 2.99. The molecular formula is C16H21N3O2S2. The molecule has 1 atom stereocenters. The van der Waals surface area contributed by atoms with Gasteiger partial charge in [-0.2, -0.15) is 0 Å². The van der Waals surface area contributed by atoms with Crippen LogP contribution in [-0.2, 0) is 4.79 Å². The SMILES string of the molecule is CC[C@H](Oc1ccccc1)C(=O)Nc1nnc(SCC(C)C)s1. The first-order valence-electron chi connectivity index (χ1n) is 7.57. The molecule has 0 aliphatic carbocycles. The van der Waals surface area contributed by atoms with E-state index in [9.17, 15) is 4.79 Å². The van der Waals surface area contributed by atoms with Crippen LogP contribution < -0.4 is 10.1 Å². The van der Waals surface area contributed by atoms with Gasteiger partial charge in [-0.25, -0.2) is 0 Å². The third kappa shape index (κ3) is 5.84. The second-order valence-corrected chi connectivity index (χ2v) is 7.64. The van der Waals surface area contributed by atoms with E-state index in [2.05, 4.69) is 29.4 Å². The molecule has 1 aromatic carbocycles. The Kier molecular flexibility index (Phi) is 6.85. The van der Waals surface area contributed by atoms with Gasteiger partial charge in [0.2, 0.25) is 5.13 Å². The molecule has 0 bridgehead atoms. The molecule has 1 amide bonds. The largest absolute Gasteiger partial charge is 0.481 e. The van der Waals surface area contributed by atoms with Crippen LogP contribution >= 0.6 is 23.1 Å². The molecule has 2 aromatic rings. The first-order chi connectivity index (χ1) is 11.1. The maximum Gasteiger partial charge on any atom is 0.267 e. The number of carbonyl (C=O) groups is 1. The van der Waals surface area contributed by atoms with Crippen LogP contribution in [0.15, 0.2) is 34.7 Å². The first-order valence-corrected chi connectivity index (χ1v) is 9.37. The molecule has 23 heavy (non-hydrogen) atoms. The van der Waals surface area contributed by atoms with Crippen molar-refractivity contribution < 1.29 is 9.53 Å². The molecule has 0 fully saturated rings. The average molecular weight is 351 g/mol. The van der Waals surface area contributed by atoms with Crippen molar-refractivity contribution in [3.63, 3.8) is 0 Å². The molecule has 0 unspecified atom stereocenters. The molecule has 2 rings (SSSR count). The highest BCUT2D eigenvalue weighted by Crippen LogP contribution is 2.27. The minimum absolute atomic E-state index is 0.201. The number of nitrogens with one attached hydrogen (secondary N) is 1. The number of hydrogen-bond donors (Lipinski definition) is 1. The van der Waals surface area contributed by atoms with Crippen molar-refractivity contribution in [3.8, 4) is 5.75 Å². The number of nitrogens with zero attached hydrogens (tertiary/aromatic N) is 2. The van der Waals surface area contributed by atoms with E-state index >= 15 is 0 Å². The van der Waals surface area contributed by atoms with E-state index in [1.807, 2.05) is 37.3 Å². The van der Waals surface area contributed by atoms with Gasteiger partial charge in [-0.05, 0) is 24.5 Å². The van der Waals surface area contributed by atoms with E-state index in [0.29, 0.717) is 23.2 Å². The molecule has 0 saturated carbocycles. The predicted molar refractivity (Wildman–Crippen MR) is 95.2 cm³/mol. The monoisotopic (exact) mass is 351 g/mol. The van der Waals surface area contributed by atoms with Crippen molar-refractivity contribution >= 4 is 34.1 Å². The lowest BCUT2D eigenvalue weighted by atomic mass is 10.2. The third-order valence-corrected chi connectivity index (χ3v) is 5.26. The summed E-state index contributed by atoms with van der Waals surface area (Å²) in [6, 6.07) is 9.33. The standard InChI is InChI=1S/C16H21N3O2S2/c1-4-13(21-12-8-6-5-7-9-12)14(20)17-15-18-19-16(23-15)22-10-11(2)3/h5-9,11,13H,4,10H2,1-3H3,(H,17,18,20)/t13-/m0/s1. The van der Waals surface area contributed by atoms with Crippen LogP contribution in [0.3, 0.4) is 0 Å². The number of para-hydroxylation sites is 1. The maximum absolute atomic E-state index is 12.3. The van der Waals surface area contributed by atoms with Gasteiger partial charge in [0.15, 0.2) is 10.4 Å². The molecule has 124 valence electrons. The van der Waals surface area contributed by atoms with Crippen molar-refractivity contribution in [2.24, 2.45) is 5.92 Å². The number of ether oxygens (including phenoxy) is 1. The van der Waals surface area contributed by atoms with Gasteiger partial charge in [-0.3, -0.25) is 10.1 Å². The van der Waals surface area contributed by atoms with Gasteiger partial charge >= 0.3 is 0 Å². The molecule has 0 radical (unpaired) electrons. The Labute approximate surface area is 144 Å². The summed E-state index contributed by atoms with van der Waals surface area (Å²) in [6.45, 7) is 6.23. The molecule has 0 spiro atoms. The van der Waals surface area contributed by atoms with Gasteiger partial charge in [0.25, 0.3) is 5.91 Å². The fraction of sp³-hybridized carbons (Fsp3) is 0.438. The second-order valence-electron chi connectivity index (χ2n) is 5.40. The molecule has 7 heteroatoms. The Hall–Kier alpha value is -1.60. The zero-order valence-electron chi connectivity index (χ0n) is 13.5. The number of benzene rings is 1. The van der Waals surface area contributed by atoms with E-state index in [4.69, 9.17) is 4.74 Å². The Morgan fingerprint density at radius 1 is 1.30 bits per heavy atom. The van der Waals surface area contributed by atoms with Crippen molar-refractivity contribution in [1.29, 1.82) is 0 Å². The molecule has 0 aliphatic heterocycles. The summed E-state index contributed by atoms with van der Waals surface area (Å²) in [4.78, 5) is 12.3. The summed E-state index contributed by atoms with van der Waals surface area (Å²) in [7, 11) is 0. The predicted octanol–water partition coefficient (Wildman–Crippen LogP) is 4.08. The molecule has 1 heterocycles. The summed E-state index contributed by atoms with van der Waals surface area (Å²) in [5, 5.41) is 11.4. The highest BCUT2D eigenvalue weighted by atomic mass is 32.2. The summed E-state index contributed by atoms with van der Waals surface area (Å²) >= 11 is 3.05. The van der Waals surface area contributed by atoms with Crippen LogP contribution in [0.5, 0.6) is 5.75 Å². The summed E-state index contributed by atoms with van der Waals surface area (Å²) in [5.74, 6) is 2.05. The number of anilines is 1. The number of hydrogen-bond acceptors (Lipinski definition) is 6. The number of rotatable bonds is 8. The Morgan fingerprint density at radius 3 is 2.70 bits per heavy atom. The van der Waals surface area contributed by atoms with Crippen LogP contribution in [0, 0.1) is 5.92 Å². The fourth-order valence-corrected chi connectivity index (χ4v) is 3.46. The van der Waals surface area contributed by atoms with Crippen LogP contribution in [0.2, 0.25) is 0 Å². The third-order valence-electron chi connectivity index (χ3n) is 2.86. The zero-order valence-corrected chi connectivity index (χ0v) is 15.1. The highest BCUT2D eigenvalue weighted by Gasteiger charge is 2.20. The summed E-state index contributed by atoms with van der Waals surface area (Å²) < 4.78 is 6.59. The topological polar surface area (TPSA) is 64.1 Å². The van der Waals surface area contributed by atoms with Crippen molar-refractivity contribution in [2.45, 2.75) is 37.6 Å². The van der Waals surface area contributed by atoms with Gasteiger partial charge in [0.1, 0.15) is 5.75 Å². The van der Waals surface area contributed by atoms with Gasteiger partial charge in [0, 0.05) is 5.75 Å². The summed E-state index contributed by atoms with van der Waals surface area (Å²) in [6.07, 6.45) is 0.0298. The molecule has 0 aliphatic rings. The van der Waals surface area contributed by atoms with Crippen molar-refractivity contribution in [2.75, 3.05) is 11.1 Å². The summed E-state index contributed by atoms with van der Waals surface area (Å²) in [5.41, 5.74) is 0. The van der Waals surface area contributed by atoms with Gasteiger partial charge in [0.05, 0.1) is 0 Å². The Morgan fingerprint density at radius 2 is 2.04 bits per heavy atom. The number of thioether (sulfide) groups is 1. The minimum atomic E-state index is -0.548. The van der Waals surface area contributed by atoms with Gasteiger partial charge in [-0.1, -0.05) is 62.1 Å². The normalized spacial score (nSPS) is 12.2. The molecule has 5 nitrogen and oxygen atoms in total. The van der Waals surface area contributed by atoms with Crippen molar-refractivity contribution in [1.82, 2.24) is 10.2 Å². The number of aromatic nitrogens is 2. The Bertz CT molecular complexity index is 617. The van der Waals surface area contributed by atoms with Gasteiger partial charge < -0.3 is 4.74 Å². The minimum Gasteiger partial charge on any atom is -0.481 e. The lowest BCUT2D eigenvalue weighted by Gasteiger charge is -2.16. The van der Waals surface area contributed by atoms with E-state index in [0.717, 1.165) is 10.1 Å². The first kappa shape index (κ1) is 17.7. The Balaban J connectivity index is 1.91. The molecular weight excluding hydrogens is 330 g/mol.